The van der Waals surface area contributed by atoms with E-state index in [1.165, 1.54) is 69.6 Å². The highest BCUT2D eigenvalue weighted by atomic mass is 14.9. The quantitative estimate of drug-likeness (QED) is 0.842. The van der Waals surface area contributed by atoms with Gasteiger partial charge in [0, 0.05) is 17.8 Å². The van der Waals surface area contributed by atoms with Gasteiger partial charge < -0.3 is 10.3 Å². The monoisotopic (exact) mass is 233 g/mol. The molecule has 0 bridgehead atoms. The first-order valence-electron chi connectivity index (χ1n) is 7.16. The zero-order valence-electron chi connectivity index (χ0n) is 10.5. The van der Waals surface area contributed by atoms with Gasteiger partial charge in [-0.1, -0.05) is 12.8 Å². The minimum absolute atomic E-state index is 0.719. The van der Waals surface area contributed by atoms with Crippen molar-refractivity contribution in [3.8, 4) is 0 Å². The lowest BCUT2D eigenvalue weighted by molar-refractivity contribution is 0.370. The van der Waals surface area contributed by atoms with Gasteiger partial charge in [0.05, 0.1) is 0 Å². The Hall–Kier alpha value is -0.830. The summed E-state index contributed by atoms with van der Waals surface area (Å²) in [5.41, 5.74) is 1.36. The third kappa shape index (κ3) is 2.71. The SMILES string of the molecule is c1nc(C2CCCC2)[nH]c1CC1CCNCC1. The van der Waals surface area contributed by atoms with Crippen molar-refractivity contribution in [3.05, 3.63) is 17.7 Å². The molecular formula is C14H23N3. The van der Waals surface area contributed by atoms with Crippen LogP contribution in [0.3, 0.4) is 0 Å². The highest BCUT2D eigenvalue weighted by Crippen LogP contribution is 2.32. The van der Waals surface area contributed by atoms with Crippen LogP contribution >= 0.6 is 0 Å². The van der Waals surface area contributed by atoms with Gasteiger partial charge >= 0.3 is 0 Å². The van der Waals surface area contributed by atoms with Gasteiger partial charge in [-0.05, 0) is 51.1 Å². The molecule has 3 heteroatoms. The fourth-order valence-corrected chi connectivity index (χ4v) is 3.28. The van der Waals surface area contributed by atoms with Crippen LogP contribution in [0.25, 0.3) is 0 Å². The number of nitrogens with zero attached hydrogens (tertiary/aromatic N) is 1. The van der Waals surface area contributed by atoms with Gasteiger partial charge in [0.1, 0.15) is 5.82 Å². The Labute approximate surface area is 103 Å². The zero-order chi connectivity index (χ0) is 11.5. The van der Waals surface area contributed by atoms with Gasteiger partial charge in [0.2, 0.25) is 0 Å². The first kappa shape index (κ1) is 11.3. The molecule has 0 unspecified atom stereocenters. The van der Waals surface area contributed by atoms with E-state index >= 15 is 0 Å². The smallest absolute Gasteiger partial charge is 0.109 e. The molecule has 3 nitrogen and oxygen atoms in total. The van der Waals surface area contributed by atoms with Gasteiger partial charge in [-0.15, -0.1) is 0 Å². The molecule has 0 atom stereocenters. The molecule has 2 N–H and O–H groups in total. The number of H-pyrrole nitrogens is 1. The lowest BCUT2D eigenvalue weighted by Crippen LogP contribution is -2.28. The Morgan fingerprint density at radius 1 is 1.12 bits per heavy atom. The third-order valence-electron chi connectivity index (χ3n) is 4.36. The van der Waals surface area contributed by atoms with Crippen LogP contribution in [0.4, 0.5) is 0 Å². The fraction of sp³-hybridized carbons (Fsp3) is 0.786. The number of rotatable bonds is 3. The van der Waals surface area contributed by atoms with Gasteiger partial charge in [0.15, 0.2) is 0 Å². The van der Waals surface area contributed by atoms with E-state index in [1.54, 1.807) is 0 Å². The molecular weight excluding hydrogens is 210 g/mol. The minimum atomic E-state index is 0.719. The summed E-state index contributed by atoms with van der Waals surface area (Å²) in [6.45, 7) is 2.38. The van der Waals surface area contributed by atoms with E-state index in [0.29, 0.717) is 0 Å². The summed E-state index contributed by atoms with van der Waals surface area (Å²) in [5, 5.41) is 3.42. The molecule has 1 aliphatic heterocycles. The van der Waals surface area contributed by atoms with E-state index in [1.807, 2.05) is 0 Å². The molecule has 2 aliphatic rings. The lowest BCUT2D eigenvalue weighted by Gasteiger charge is -2.21. The van der Waals surface area contributed by atoms with Crippen molar-refractivity contribution in [2.45, 2.75) is 50.9 Å². The van der Waals surface area contributed by atoms with Crippen LogP contribution in [-0.4, -0.2) is 23.1 Å². The summed E-state index contributed by atoms with van der Waals surface area (Å²) in [6, 6.07) is 0. The first-order valence-corrected chi connectivity index (χ1v) is 7.16. The van der Waals surface area contributed by atoms with Crippen LogP contribution in [0.1, 0.15) is 56.0 Å². The summed E-state index contributed by atoms with van der Waals surface area (Å²) >= 11 is 0. The second-order valence-corrected chi connectivity index (χ2v) is 5.67. The van der Waals surface area contributed by atoms with E-state index in [-0.39, 0.29) is 0 Å². The van der Waals surface area contributed by atoms with Crippen LogP contribution in [-0.2, 0) is 6.42 Å². The second-order valence-electron chi connectivity index (χ2n) is 5.67. The largest absolute Gasteiger partial charge is 0.346 e. The molecule has 1 saturated carbocycles. The van der Waals surface area contributed by atoms with Crippen molar-refractivity contribution >= 4 is 0 Å². The molecule has 2 heterocycles. The molecule has 3 rings (SSSR count). The number of piperidine rings is 1. The predicted octanol–water partition coefficient (Wildman–Crippen LogP) is 2.61. The normalized spacial score (nSPS) is 23.3. The maximum Gasteiger partial charge on any atom is 0.109 e. The van der Waals surface area contributed by atoms with Crippen LogP contribution in [0, 0.1) is 5.92 Å². The van der Waals surface area contributed by atoms with Crippen molar-refractivity contribution in [1.82, 2.24) is 15.3 Å². The minimum Gasteiger partial charge on any atom is -0.346 e. The summed E-state index contributed by atoms with van der Waals surface area (Å²) < 4.78 is 0. The molecule has 0 spiro atoms. The van der Waals surface area contributed by atoms with Crippen LogP contribution in [0.5, 0.6) is 0 Å². The zero-order valence-corrected chi connectivity index (χ0v) is 10.5. The van der Waals surface area contributed by atoms with Crippen molar-refractivity contribution in [2.24, 2.45) is 5.92 Å². The average Bonchev–Trinajstić information content (AvgIpc) is 3.00. The first-order chi connectivity index (χ1) is 8.42. The van der Waals surface area contributed by atoms with Crippen LogP contribution in [0.2, 0.25) is 0 Å². The number of aromatic nitrogens is 2. The summed E-state index contributed by atoms with van der Waals surface area (Å²) in [7, 11) is 0. The van der Waals surface area contributed by atoms with Gasteiger partial charge in [-0.3, -0.25) is 0 Å². The van der Waals surface area contributed by atoms with Gasteiger partial charge in [-0.25, -0.2) is 4.98 Å². The molecule has 0 radical (unpaired) electrons. The van der Waals surface area contributed by atoms with E-state index in [2.05, 4.69) is 21.5 Å². The highest BCUT2D eigenvalue weighted by Gasteiger charge is 2.20. The molecule has 1 aliphatic carbocycles. The van der Waals surface area contributed by atoms with E-state index < -0.39 is 0 Å². The fourth-order valence-electron chi connectivity index (χ4n) is 3.28. The Balaban J connectivity index is 1.59. The Morgan fingerprint density at radius 2 is 1.88 bits per heavy atom. The Kier molecular flexibility index (Phi) is 3.46. The number of nitrogens with one attached hydrogen (secondary N) is 2. The Morgan fingerprint density at radius 3 is 2.65 bits per heavy atom. The molecule has 0 aromatic carbocycles. The van der Waals surface area contributed by atoms with E-state index in [0.717, 1.165) is 11.8 Å². The molecule has 17 heavy (non-hydrogen) atoms. The maximum absolute atomic E-state index is 4.59. The number of hydrogen-bond acceptors (Lipinski definition) is 2. The molecule has 1 saturated heterocycles. The number of aromatic amines is 1. The molecule has 1 aromatic heterocycles. The average molecular weight is 233 g/mol. The topological polar surface area (TPSA) is 40.7 Å². The third-order valence-corrected chi connectivity index (χ3v) is 4.36. The highest BCUT2D eigenvalue weighted by molar-refractivity contribution is 5.07. The molecule has 0 amide bonds. The van der Waals surface area contributed by atoms with Crippen molar-refractivity contribution in [2.75, 3.05) is 13.1 Å². The molecule has 2 fully saturated rings. The maximum atomic E-state index is 4.59. The summed E-state index contributed by atoms with van der Waals surface area (Å²) in [6.07, 6.45) is 11.3. The lowest BCUT2D eigenvalue weighted by atomic mass is 9.93. The van der Waals surface area contributed by atoms with E-state index in [4.69, 9.17) is 0 Å². The van der Waals surface area contributed by atoms with Crippen molar-refractivity contribution in [3.63, 3.8) is 0 Å². The van der Waals surface area contributed by atoms with Crippen LogP contribution in [0.15, 0.2) is 6.20 Å². The standard InChI is InChI=1S/C14H23N3/c1-2-4-12(3-1)14-16-10-13(17-14)9-11-5-7-15-8-6-11/h10-12,15H,1-9H2,(H,16,17). The van der Waals surface area contributed by atoms with Crippen LogP contribution < -0.4 is 5.32 Å². The second kappa shape index (κ2) is 5.21. The molecule has 94 valence electrons. The van der Waals surface area contributed by atoms with Crippen molar-refractivity contribution in [1.29, 1.82) is 0 Å². The molecule has 1 aromatic rings. The van der Waals surface area contributed by atoms with Gasteiger partial charge in [-0.2, -0.15) is 0 Å². The van der Waals surface area contributed by atoms with Gasteiger partial charge in [0.25, 0.3) is 0 Å². The summed E-state index contributed by atoms with van der Waals surface area (Å²) in [5.74, 6) is 2.83. The van der Waals surface area contributed by atoms with Crippen molar-refractivity contribution < 1.29 is 0 Å². The predicted molar refractivity (Wildman–Crippen MR) is 69.1 cm³/mol. The number of hydrogen-bond donors (Lipinski definition) is 2. The number of imidazole rings is 1. The Bertz CT molecular complexity index is 346. The summed E-state index contributed by atoms with van der Waals surface area (Å²) in [4.78, 5) is 8.16. The van der Waals surface area contributed by atoms with E-state index in [9.17, 15) is 0 Å².